The van der Waals surface area contributed by atoms with E-state index in [0.717, 1.165) is 19.3 Å². The molecular formula is C23H34F2N2O3. The van der Waals surface area contributed by atoms with E-state index < -0.39 is 11.4 Å². The Morgan fingerprint density at radius 3 is 2.60 bits per heavy atom. The summed E-state index contributed by atoms with van der Waals surface area (Å²) in [5.74, 6) is -0.812. The lowest BCUT2D eigenvalue weighted by atomic mass is 9.82. The molecule has 30 heavy (non-hydrogen) atoms. The number of halogens is 2. The molecule has 1 amide bonds. The number of hydrogen-bond acceptors (Lipinski definition) is 4. The molecule has 0 aromatic heterocycles. The van der Waals surface area contributed by atoms with Gasteiger partial charge in [-0.2, -0.15) is 0 Å². The highest BCUT2D eigenvalue weighted by molar-refractivity contribution is 5.68. The van der Waals surface area contributed by atoms with Crippen LogP contribution < -0.4 is 4.90 Å². The van der Waals surface area contributed by atoms with Gasteiger partial charge in [0.1, 0.15) is 17.2 Å². The molecule has 1 aromatic carbocycles. The van der Waals surface area contributed by atoms with E-state index in [4.69, 9.17) is 9.47 Å². The number of fused-ring (bicyclic) bond motifs is 1. The van der Waals surface area contributed by atoms with Gasteiger partial charge in [-0.3, -0.25) is 0 Å². The van der Waals surface area contributed by atoms with E-state index in [9.17, 15) is 13.6 Å². The number of piperidine rings is 1. The molecule has 3 rings (SSSR count). The Hall–Kier alpha value is -1.89. The molecule has 3 unspecified atom stereocenters. The van der Waals surface area contributed by atoms with Crippen LogP contribution in [0.5, 0.6) is 0 Å². The quantitative estimate of drug-likeness (QED) is 0.628. The van der Waals surface area contributed by atoms with Gasteiger partial charge in [-0.25, -0.2) is 13.6 Å². The van der Waals surface area contributed by atoms with Crippen LogP contribution in [0, 0.1) is 17.6 Å². The summed E-state index contributed by atoms with van der Waals surface area (Å²) < 4.78 is 40.3. The van der Waals surface area contributed by atoms with Crippen LogP contribution in [0.4, 0.5) is 19.3 Å². The molecule has 0 radical (unpaired) electrons. The van der Waals surface area contributed by atoms with E-state index in [0.29, 0.717) is 37.5 Å². The number of carbonyl (C=O) groups is 1. The van der Waals surface area contributed by atoms with Crippen molar-refractivity contribution in [2.24, 2.45) is 5.92 Å². The zero-order valence-corrected chi connectivity index (χ0v) is 18.7. The monoisotopic (exact) mass is 424 g/mol. The van der Waals surface area contributed by atoms with Crippen LogP contribution in [0.1, 0.15) is 58.4 Å². The molecule has 0 spiro atoms. The molecule has 0 saturated carbocycles. The highest BCUT2D eigenvalue weighted by Crippen LogP contribution is 2.47. The number of amides is 1. The molecule has 7 heteroatoms. The molecule has 1 fully saturated rings. The maximum atomic E-state index is 14.8. The smallest absolute Gasteiger partial charge is 0.410 e. The Kier molecular flexibility index (Phi) is 6.90. The van der Waals surface area contributed by atoms with Gasteiger partial charge in [-0.1, -0.05) is 6.92 Å². The number of likely N-dealkylation sites (tertiary alicyclic amines) is 1. The topological polar surface area (TPSA) is 42.0 Å². The molecule has 1 saturated heterocycles. The molecule has 2 aliphatic heterocycles. The summed E-state index contributed by atoms with van der Waals surface area (Å²) in [4.78, 5) is 16.4. The molecule has 168 valence electrons. The number of carbonyl (C=O) groups excluding carboxylic acids is 1. The Bertz CT molecular complexity index is 766. The fourth-order valence-electron chi connectivity index (χ4n) is 4.96. The van der Waals surface area contributed by atoms with Gasteiger partial charge >= 0.3 is 6.09 Å². The molecule has 2 aliphatic rings. The number of anilines is 1. The standard InChI is InChI=1S/C23H34F2N2O3/c1-15-19-17(24)9-10-18(25)21(19)27(12-7-13-29-5)20(15)16-8-6-11-26(14-16)22(28)30-23(2,3)4/h9-10,15-16,20H,6-8,11-14H2,1-5H3. The first-order valence-electron chi connectivity index (χ1n) is 10.9. The van der Waals surface area contributed by atoms with E-state index in [-0.39, 0.29) is 29.8 Å². The third-order valence-electron chi connectivity index (χ3n) is 6.07. The van der Waals surface area contributed by atoms with Gasteiger partial charge in [0.25, 0.3) is 0 Å². The van der Waals surface area contributed by atoms with Crippen LogP contribution in [0.15, 0.2) is 12.1 Å². The number of hydrogen-bond donors (Lipinski definition) is 0. The van der Waals surface area contributed by atoms with Gasteiger partial charge in [-0.05, 0) is 58.1 Å². The van der Waals surface area contributed by atoms with Crippen molar-refractivity contribution >= 4 is 11.8 Å². The Morgan fingerprint density at radius 1 is 1.23 bits per heavy atom. The summed E-state index contributed by atoms with van der Waals surface area (Å²) >= 11 is 0. The average Bonchev–Trinajstić information content (AvgIpc) is 2.97. The summed E-state index contributed by atoms with van der Waals surface area (Å²) in [5.41, 5.74) is 0.268. The average molecular weight is 425 g/mol. The lowest BCUT2D eigenvalue weighted by Gasteiger charge is -2.41. The SMILES string of the molecule is COCCCN1c2c(F)ccc(F)c2C(C)C1C1CCCN(C(=O)OC(C)(C)C)C1. The van der Waals surface area contributed by atoms with Crippen LogP contribution >= 0.6 is 0 Å². The van der Waals surface area contributed by atoms with Crippen LogP contribution in [-0.2, 0) is 9.47 Å². The number of benzene rings is 1. The van der Waals surface area contributed by atoms with Crippen molar-refractivity contribution in [3.8, 4) is 0 Å². The number of nitrogens with zero attached hydrogens (tertiary/aromatic N) is 2. The molecule has 1 aromatic rings. The second-order valence-corrected chi connectivity index (χ2v) is 9.44. The molecule has 5 nitrogen and oxygen atoms in total. The number of methoxy groups -OCH3 is 1. The lowest BCUT2D eigenvalue weighted by Crippen LogP contribution is -2.50. The van der Waals surface area contributed by atoms with Crippen LogP contribution in [-0.4, -0.2) is 56.0 Å². The van der Waals surface area contributed by atoms with Crippen molar-refractivity contribution in [3.05, 3.63) is 29.3 Å². The summed E-state index contributed by atoms with van der Waals surface area (Å²) in [6, 6.07) is 2.35. The zero-order chi connectivity index (χ0) is 22.1. The highest BCUT2D eigenvalue weighted by Gasteiger charge is 2.45. The van der Waals surface area contributed by atoms with Gasteiger partial charge < -0.3 is 19.3 Å². The van der Waals surface area contributed by atoms with Crippen molar-refractivity contribution in [3.63, 3.8) is 0 Å². The second kappa shape index (κ2) is 9.08. The van der Waals surface area contributed by atoms with Crippen molar-refractivity contribution in [2.45, 2.75) is 64.5 Å². The van der Waals surface area contributed by atoms with E-state index in [1.807, 2.05) is 32.6 Å². The lowest BCUT2D eigenvalue weighted by molar-refractivity contribution is 0.0147. The van der Waals surface area contributed by atoms with E-state index in [1.54, 1.807) is 12.0 Å². The minimum atomic E-state index is -0.556. The maximum absolute atomic E-state index is 14.8. The molecular weight excluding hydrogens is 390 g/mol. The van der Waals surface area contributed by atoms with Gasteiger partial charge in [0.2, 0.25) is 0 Å². The summed E-state index contributed by atoms with van der Waals surface area (Å²) in [5, 5.41) is 0. The predicted molar refractivity (Wildman–Crippen MR) is 113 cm³/mol. The van der Waals surface area contributed by atoms with Gasteiger partial charge in [0.15, 0.2) is 0 Å². The van der Waals surface area contributed by atoms with Crippen molar-refractivity contribution in [1.82, 2.24) is 4.90 Å². The predicted octanol–water partition coefficient (Wildman–Crippen LogP) is 4.94. The fraction of sp³-hybridized carbons (Fsp3) is 0.696. The van der Waals surface area contributed by atoms with Crippen molar-refractivity contribution < 1.29 is 23.0 Å². The minimum absolute atomic E-state index is 0.0755. The van der Waals surface area contributed by atoms with Crippen molar-refractivity contribution in [2.75, 3.05) is 38.3 Å². The second-order valence-electron chi connectivity index (χ2n) is 9.44. The van der Waals surface area contributed by atoms with Crippen LogP contribution in [0.2, 0.25) is 0 Å². The summed E-state index contributed by atoms with van der Waals surface area (Å²) in [6.07, 6.45) is 2.16. The van der Waals surface area contributed by atoms with Gasteiger partial charge in [0, 0.05) is 50.9 Å². The van der Waals surface area contributed by atoms with Gasteiger partial charge in [0.05, 0.1) is 5.69 Å². The maximum Gasteiger partial charge on any atom is 0.410 e. The summed E-state index contributed by atoms with van der Waals surface area (Å²) in [6.45, 7) is 9.83. The van der Waals surface area contributed by atoms with Crippen molar-refractivity contribution in [1.29, 1.82) is 0 Å². The van der Waals surface area contributed by atoms with Crippen LogP contribution in [0.3, 0.4) is 0 Å². The summed E-state index contributed by atoms with van der Waals surface area (Å²) in [7, 11) is 1.64. The molecule has 0 bridgehead atoms. The molecule has 3 atom stereocenters. The molecule has 0 aliphatic carbocycles. The Morgan fingerprint density at radius 2 is 1.93 bits per heavy atom. The normalized spacial score (nSPS) is 24.2. The third kappa shape index (κ3) is 4.71. The van der Waals surface area contributed by atoms with Gasteiger partial charge in [-0.15, -0.1) is 0 Å². The first-order valence-corrected chi connectivity index (χ1v) is 10.9. The number of ether oxygens (including phenoxy) is 2. The van der Waals surface area contributed by atoms with Crippen LogP contribution in [0.25, 0.3) is 0 Å². The Labute approximate surface area is 178 Å². The first-order chi connectivity index (χ1) is 14.1. The fourth-order valence-corrected chi connectivity index (χ4v) is 4.96. The zero-order valence-electron chi connectivity index (χ0n) is 18.7. The van der Waals surface area contributed by atoms with E-state index in [2.05, 4.69) is 0 Å². The van der Waals surface area contributed by atoms with E-state index in [1.165, 1.54) is 12.1 Å². The third-order valence-corrected chi connectivity index (χ3v) is 6.07. The Balaban J connectivity index is 1.86. The molecule has 0 N–H and O–H groups in total. The first kappa shape index (κ1) is 22.8. The van der Waals surface area contributed by atoms with E-state index >= 15 is 0 Å². The highest BCUT2D eigenvalue weighted by atomic mass is 19.1. The molecule has 2 heterocycles. The number of rotatable bonds is 5. The largest absolute Gasteiger partial charge is 0.444 e. The minimum Gasteiger partial charge on any atom is -0.444 e.